The van der Waals surface area contributed by atoms with Crippen LogP contribution in [0.1, 0.15) is 36.8 Å². The zero-order chi connectivity index (χ0) is 11.1. The van der Waals surface area contributed by atoms with E-state index in [2.05, 4.69) is 9.97 Å². The quantitative estimate of drug-likeness (QED) is 0.794. The zero-order valence-corrected chi connectivity index (χ0v) is 9.31. The van der Waals surface area contributed by atoms with Crippen molar-refractivity contribution in [1.29, 1.82) is 0 Å². The molecular formula is C12H15N3O. The van der Waals surface area contributed by atoms with Crippen molar-refractivity contribution < 1.29 is 4.42 Å². The Morgan fingerprint density at radius 1 is 1.31 bits per heavy atom. The van der Waals surface area contributed by atoms with Gasteiger partial charge in [0, 0.05) is 17.7 Å². The number of hydrogen-bond donors (Lipinski definition) is 1. The molecule has 4 nitrogen and oxygen atoms in total. The number of aromatic nitrogens is 2. The molecular weight excluding hydrogens is 202 g/mol. The molecule has 1 fully saturated rings. The van der Waals surface area contributed by atoms with Crippen LogP contribution in [0.25, 0.3) is 11.2 Å². The van der Waals surface area contributed by atoms with Gasteiger partial charge in [0.2, 0.25) is 0 Å². The molecule has 84 valence electrons. The average molecular weight is 217 g/mol. The topological polar surface area (TPSA) is 64.9 Å². The lowest BCUT2D eigenvalue weighted by Gasteiger charge is -2.02. The fourth-order valence-corrected chi connectivity index (χ4v) is 2.35. The van der Waals surface area contributed by atoms with Crippen LogP contribution in [0.5, 0.6) is 0 Å². The smallest absolute Gasteiger partial charge is 0.200 e. The summed E-state index contributed by atoms with van der Waals surface area (Å²) in [6.45, 7) is 1.96. The summed E-state index contributed by atoms with van der Waals surface area (Å²) in [5, 5.41) is 0. The van der Waals surface area contributed by atoms with E-state index in [9.17, 15) is 0 Å². The molecule has 2 heterocycles. The minimum absolute atomic E-state index is 0.301. The molecule has 2 aromatic heterocycles. The van der Waals surface area contributed by atoms with Gasteiger partial charge in [-0.1, -0.05) is 0 Å². The second-order valence-electron chi connectivity index (χ2n) is 4.60. The molecule has 2 aromatic rings. The Morgan fingerprint density at radius 3 is 2.94 bits per heavy atom. The highest BCUT2D eigenvalue weighted by Gasteiger charge is 2.27. The molecule has 2 N–H and O–H groups in total. The molecule has 0 spiro atoms. The number of pyridine rings is 1. The minimum Gasteiger partial charge on any atom is -0.439 e. The number of hydrogen-bond acceptors (Lipinski definition) is 4. The average Bonchev–Trinajstić information content (AvgIpc) is 2.83. The first-order chi connectivity index (χ1) is 7.72. The predicted octanol–water partition coefficient (Wildman–Crippen LogP) is 2.13. The number of oxazole rings is 1. The van der Waals surface area contributed by atoms with E-state index < -0.39 is 0 Å². The Kier molecular flexibility index (Phi) is 2.17. The largest absolute Gasteiger partial charge is 0.439 e. The summed E-state index contributed by atoms with van der Waals surface area (Å²) in [6, 6.07) is 4.18. The standard InChI is InChI=1S/C12H15N3O/c1-7-2-5-10-11(14-7)15-12(16-10)8-3-4-9(13)6-8/h2,5,8-9H,3-4,6,13H2,1H3/t8-,9+/m1/s1. The lowest BCUT2D eigenvalue weighted by molar-refractivity contribution is 0.471. The van der Waals surface area contributed by atoms with Crippen molar-refractivity contribution in [2.45, 2.75) is 38.1 Å². The van der Waals surface area contributed by atoms with Crippen LogP contribution >= 0.6 is 0 Å². The molecule has 1 aliphatic carbocycles. The summed E-state index contributed by atoms with van der Waals surface area (Å²) in [6.07, 6.45) is 3.12. The summed E-state index contributed by atoms with van der Waals surface area (Å²) < 4.78 is 5.73. The first kappa shape index (κ1) is 9.78. The van der Waals surface area contributed by atoms with Crippen LogP contribution in [-0.4, -0.2) is 16.0 Å². The molecule has 0 radical (unpaired) electrons. The van der Waals surface area contributed by atoms with Crippen LogP contribution < -0.4 is 5.73 Å². The van der Waals surface area contributed by atoms with Crippen LogP contribution in [0.4, 0.5) is 0 Å². The van der Waals surface area contributed by atoms with Gasteiger partial charge in [0.15, 0.2) is 17.1 Å². The van der Waals surface area contributed by atoms with Gasteiger partial charge < -0.3 is 10.2 Å². The number of aryl methyl sites for hydroxylation is 1. The zero-order valence-electron chi connectivity index (χ0n) is 9.31. The third kappa shape index (κ3) is 1.59. The molecule has 0 amide bonds. The normalized spacial score (nSPS) is 25.4. The second-order valence-corrected chi connectivity index (χ2v) is 4.60. The van der Waals surface area contributed by atoms with E-state index in [-0.39, 0.29) is 0 Å². The minimum atomic E-state index is 0.301. The Labute approximate surface area is 93.9 Å². The molecule has 0 unspecified atom stereocenters. The van der Waals surface area contributed by atoms with Gasteiger partial charge >= 0.3 is 0 Å². The van der Waals surface area contributed by atoms with Crippen LogP contribution in [0.15, 0.2) is 16.5 Å². The van der Waals surface area contributed by atoms with Crippen molar-refractivity contribution in [3.05, 3.63) is 23.7 Å². The third-order valence-electron chi connectivity index (χ3n) is 3.23. The maximum absolute atomic E-state index is 5.90. The fraction of sp³-hybridized carbons (Fsp3) is 0.500. The first-order valence-corrected chi connectivity index (χ1v) is 5.72. The van der Waals surface area contributed by atoms with E-state index in [1.54, 1.807) is 0 Å². The monoisotopic (exact) mass is 217 g/mol. The molecule has 1 saturated carbocycles. The summed E-state index contributed by atoms with van der Waals surface area (Å²) in [7, 11) is 0. The molecule has 4 heteroatoms. The molecule has 3 rings (SSSR count). The highest BCUT2D eigenvalue weighted by Crippen LogP contribution is 2.34. The highest BCUT2D eigenvalue weighted by molar-refractivity contribution is 5.67. The fourth-order valence-electron chi connectivity index (χ4n) is 2.35. The highest BCUT2D eigenvalue weighted by atomic mass is 16.3. The van der Waals surface area contributed by atoms with Crippen LogP contribution in [0.2, 0.25) is 0 Å². The van der Waals surface area contributed by atoms with E-state index >= 15 is 0 Å². The van der Waals surface area contributed by atoms with E-state index in [4.69, 9.17) is 10.2 Å². The van der Waals surface area contributed by atoms with E-state index in [0.29, 0.717) is 12.0 Å². The van der Waals surface area contributed by atoms with Crippen molar-refractivity contribution in [2.24, 2.45) is 5.73 Å². The lowest BCUT2D eigenvalue weighted by atomic mass is 10.1. The predicted molar refractivity (Wildman–Crippen MR) is 61.1 cm³/mol. The van der Waals surface area contributed by atoms with Gasteiger partial charge in [0.05, 0.1) is 0 Å². The van der Waals surface area contributed by atoms with Crippen molar-refractivity contribution in [1.82, 2.24) is 9.97 Å². The third-order valence-corrected chi connectivity index (χ3v) is 3.23. The van der Waals surface area contributed by atoms with Crippen molar-refractivity contribution in [3.8, 4) is 0 Å². The summed E-state index contributed by atoms with van der Waals surface area (Å²) in [5.41, 5.74) is 8.36. The SMILES string of the molecule is Cc1ccc2oc([C@@H]3CC[C@H](N)C3)nc2n1. The van der Waals surface area contributed by atoms with Crippen molar-refractivity contribution in [3.63, 3.8) is 0 Å². The van der Waals surface area contributed by atoms with Gasteiger partial charge in [-0.25, -0.2) is 4.98 Å². The Hall–Kier alpha value is -1.42. The van der Waals surface area contributed by atoms with Gasteiger partial charge in [-0.05, 0) is 38.3 Å². The number of nitrogens with two attached hydrogens (primary N) is 1. The number of fused-ring (bicyclic) bond motifs is 1. The first-order valence-electron chi connectivity index (χ1n) is 5.72. The van der Waals surface area contributed by atoms with Gasteiger partial charge in [-0.3, -0.25) is 0 Å². The van der Waals surface area contributed by atoms with E-state index in [1.807, 2.05) is 19.1 Å². The maximum Gasteiger partial charge on any atom is 0.200 e. The molecule has 0 aromatic carbocycles. The number of rotatable bonds is 1. The van der Waals surface area contributed by atoms with E-state index in [1.165, 1.54) is 0 Å². The Bertz CT molecular complexity index is 520. The molecule has 0 bridgehead atoms. The van der Waals surface area contributed by atoms with Crippen LogP contribution in [-0.2, 0) is 0 Å². The van der Waals surface area contributed by atoms with Gasteiger partial charge in [0.1, 0.15) is 0 Å². The lowest BCUT2D eigenvalue weighted by Crippen LogP contribution is -2.14. The van der Waals surface area contributed by atoms with Crippen molar-refractivity contribution >= 4 is 11.2 Å². The molecule has 16 heavy (non-hydrogen) atoms. The van der Waals surface area contributed by atoms with Gasteiger partial charge in [-0.15, -0.1) is 0 Å². The summed E-state index contributed by atoms with van der Waals surface area (Å²) in [5.74, 6) is 1.19. The summed E-state index contributed by atoms with van der Waals surface area (Å²) in [4.78, 5) is 8.81. The van der Waals surface area contributed by atoms with Crippen LogP contribution in [0, 0.1) is 6.92 Å². The van der Waals surface area contributed by atoms with Crippen molar-refractivity contribution in [2.75, 3.05) is 0 Å². The number of nitrogens with zero attached hydrogens (tertiary/aromatic N) is 2. The molecule has 0 saturated heterocycles. The van der Waals surface area contributed by atoms with Gasteiger partial charge in [0.25, 0.3) is 0 Å². The Balaban J connectivity index is 1.99. The van der Waals surface area contributed by atoms with Crippen LogP contribution in [0.3, 0.4) is 0 Å². The summed E-state index contributed by atoms with van der Waals surface area (Å²) >= 11 is 0. The maximum atomic E-state index is 5.90. The van der Waals surface area contributed by atoms with Gasteiger partial charge in [-0.2, -0.15) is 4.98 Å². The molecule has 2 atom stereocenters. The second kappa shape index (κ2) is 3.56. The molecule has 1 aliphatic rings. The van der Waals surface area contributed by atoms with E-state index in [0.717, 1.165) is 42.1 Å². The molecule has 0 aliphatic heterocycles. The Morgan fingerprint density at radius 2 is 2.19 bits per heavy atom.